The van der Waals surface area contributed by atoms with Crippen LogP contribution in [0.5, 0.6) is 0 Å². The van der Waals surface area contributed by atoms with Gasteiger partial charge in [-0.1, -0.05) is 18.2 Å². The molecule has 0 saturated carbocycles. The molecule has 0 saturated heterocycles. The second kappa shape index (κ2) is 5.66. The molecule has 2 amide bonds. The van der Waals surface area contributed by atoms with Gasteiger partial charge in [-0.25, -0.2) is 0 Å². The Kier molecular flexibility index (Phi) is 3.45. The number of anilines is 1. The van der Waals surface area contributed by atoms with Crippen molar-refractivity contribution in [3.63, 3.8) is 0 Å². The second-order valence-electron chi connectivity index (χ2n) is 5.73. The third kappa shape index (κ3) is 2.42. The highest BCUT2D eigenvalue weighted by atomic mass is 16.8. The highest BCUT2D eigenvalue weighted by molar-refractivity contribution is 6.25. The number of imide groups is 1. The van der Waals surface area contributed by atoms with Gasteiger partial charge in [-0.2, -0.15) is 0 Å². The maximum Gasteiger partial charge on any atom is 0.261 e. The van der Waals surface area contributed by atoms with Crippen LogP contribution in [0.4, 0.5) is 5.69 Å². The smallest absolute Gasteiger partial charge is 0.261 e. The van der Waals surface area contributed by atoms with Gasteiger partial charge in [0.1, 0.15) is 0 Å². The summed E-state index contributed by atoms with van der Waals surface area (Å²) in [5.74, 6) is -0.913. The molecular formula is C18H12N3O4-. The summed E-state index contributed by atoms with van der Waals surface area (Å²) in [4.78, 5) is 30.8. The summed E-state index contributed by atoms with van der Waals surface area (Å²) in [6, 6.07) is 11.2. The number of carbonyl (C=O) groups excluding carboxylic acids is 2. The highest BCUT2D eigenvalue weighted by Gasteiger charge is 2.33. The molecule has 7 nitrogen and oxygen atoms in total. The van der Waals surface area contributed by atoms with E-state index in [0.717, 1.165) is 4.90 Å². The SMILES string of the molecule is O=C1c2cccc3cc(N([O-])O)cc(c23)C(=O)N1Cc1cccnc1. The molecule has 0 unspecified atom stereocenters. The van der Waals surface area contributed by atoms with Gasteiger partial charge in [0, 0.05) is 23.3 Å². The van der Waals surface area contributed by atoms with Crippen LogP contribution in [-0.4, -0.2) is 26.9 Å². The number of rotatable bonds is 3. The van der Waals surface area contributed by atoms with E-state index in [-0.39, 0.29) is 23.0 Å². The van der Waals surface area contributed by atoms with Gasteiger partial charge in [-0.05, 0) is 35.2 Å². The minimum Gasteiger partial charge on any atom is -0.733 e. The predicted molar refractivity (Wildman–Crippen MR) is 90.0 cm³/mol. The molecule has 0 spiro atoms. The maximum absolute atomic E-state index is 12.9. The van der Waals surface area contributed by atoms with Crippen molar-refractivity contribution in [1.29, 1.82) is 0 Å². The summed E-state index contributed by atoms with van der Waals surface area (Å²) in [6.45, 7) is 0.0752. The Bertz CT molecular complexity index is 1000. The Morgan fingerprint density at radius 2 is 1.88 bits per heavy atom. The first-order valence-corrected chi connectivity index (χ1v) is 7.54. The number of carbonyl (C=O) groups is 2. The molecule has 1 aliphatic heterocycles. The van der Waals surface area contributed by atoms with Crippen LogP contribution in [0, 0.1) is 5.21 Å². The molecule has 0 atom stereocenters. The number of pyridine rings is 1. The van der Waals surface area contributed by atoms with Gasteiger partial charge in [0.25, 0.3) is 11.8 Å². The zero-order chi connectivity index (χ0) is 17.6. The summed E-state index contributed by atoms with van der Waals surface area (Å²) in [7, 11) is 0. The van der Waals surface area contributed by atoms with Crippen molar-refractivity contribution >= 4 is 28.3 Å². The van der Waals surface area contributed by atoms with Crippen LogP contribution in [-0.2, 0) is 6.54 Å². The molecule has 2 aromatic carbocycles. The molecular weight excluding hydrogens is 322 g/mol. The average molecular weight is 334 g/mol. The number of aromatic nitrogens is 1. The first-order chi connectivity index (χ1) is 12.1. The van der Waals surface area contributed by atoms with Crippen molar-refractivity contribution in [1.82, 2.24) is 9.88 Å². The summed E-state index contributed by atoms with van der Waals surface area (Å²) in [6.07, 6.45) is 3.19. The number of hydrogen-bond donors (Lipinski definition) is 1. The Morgan fingerprint density at radius 3 is 2.60 bits per heavy atom. The lowest BCUT2D eigenvalue weighted by Crippen LogP contribution is -2.39. The minimum atomic E-state index is -0.513. The number of nitrogens with zero attached hydrogens (tertiary/aromatic N) is 3. The first kappa shape index (κ1) is 15.3. The van der Waals surface area contributed by atoms with E-state index in [2.05, 4.69) is 4.98 Å². The molecule has 0 fully saturated rings. The lowest BCUT2D eigenvalue weighted by molar-refractivity contribution is 0.0598. The molecule has 124 valence electrons. The van der Waals surface area contributed by atoms with Gasteiger partial charge in [0.15, 0.2) is 0 Å². The van der Waals surface area contributed by atoms with Crippen molar-refractivity contribution in [2.75, 3.05) is 5.23 Å². The molecule has 0 bridgehead atoms. The van der Waals surface area contributed by atoms with Crippen LogP contribution in [0.3, 0.4) is 0 Å². The van der Waals surface area contributed by atoms with Crippen molar-refractivity contribution < 1.29 is 14.8 Å². The summed E-state index contributed by atoms with van der Waals surface area (Å²) in [5.41, 5.74) is 1.24. The molecule has 7 heteroatoms. The van der Waals surface area contributed by atoms with Crippen LogP contribution >= 0.6 is 0 Å². The summed E-state index contributed by atoms with van der Waals surface area (Å²) in [5, 5.41) is 21.2. The van der Waals surface area contributed by atoms with E-state index in [0.29, 0.717) is 21.9 Å². The fourth-order valence-corrected chi connectivity index (χ4v) is 3.07. The third-order valence-corrected chi connectivity index (χ3v) is 4.20. The van der Waals surface area contributed by atoms with E-state index >= 15 is 0 Å². The molecule has 25 heavy (non-hydrogen) atoms. The number of hydrogen-bond acceptors (Lipinski definition) is 6. The molecule has 1 aromatic heterocycles. The topological polar surface area (TPSA) is 96.8 Å². The normalized spacial score (nSPS) is 13.4. The van der Waals surface area contributed by atoms with Gasteiger partial charge in [0.2, 0.25) is 0 Å². The fourth-order valence-electron chi connectivity index (χ4n) is 3.07. The quantitative estimate of drug-likeness (QED) is 0.584. The van der Waals surface area contributed by atoms with Crippen molar-refractivity contribution in [2.24, 2.45) is 0 Å². The molecule has 0 aliphatic carbocycles. The first-order valence-electron chi connectivity index (χ1n) is 7.54. The van der Waals surface area contributed by atoms with Crippen molar-refractivity contribution in [2.45, 2.75) is 6.54 Å². The summed E-state index contributed by atoms with van der Waals surface area (Å²) < 4.78 is 0. The zero-order valence-corrected chi connectivity index (χ0v) is 12.9. The molecule has 3 aromatic rings. The second-order valence-corrected chi connectivity index (χ2v) is 5.73. The Labute approximate surface area is 142 Å². The van der Waals surface area contributed by atoms with Crippen LogP contribution < -0.4 is 5.23 Å². The number of benzene rings is 2. The van der Waals surface area contributed by atoms with E-state index in [9.17, 15) is 20.0 Å². The lowest BCUT2D eigenvalue weighted by Gasteiger charge is -2.29. The van der Waals surface area contributed by atoms with Crippen molar-refractivity contribution in [3.05, 3.63) is 76.8 Å². The van der Waals surface area contributed by atoms with Gasteiger partial charge in [0.05, 0.1) is 17.8 Å². The molecule has 1 aliphatic rings. The van der Waals surface area contributed by atoms with E-state index < -0.39 is 11.8 Å². The minimum absolute atomic E-state index is 0.0660. The highest BCUT2D eigenvalue weighted by Crippen LogP contribution is 2.34. The molecule has 0 radical (unpaired) electrons. The van der Waals surface area contributed by atoms with E-state index in [1.54, 1.807) is 42.7 Å². The van der Waals surface area contributed by atoms with Crippen LogP contribution in [0.2, 0.25) is 0 Å². The van der Waals surface area contributed by atoms with Gasteiger partial charge in [-0.3, -0.25) is 24.7 Å². The molecule has 1 N–H and O–H groups in total. The average Bonchev–Trinajstić information content (AvgIpc) is 2.63. The lowest BCUT2D eigenvalue weighted by atomic mass is 9.93. The van der Waals surface area contributed by atoms with Crippen LogP contribution in [0.1, 0.15) is 26.3 Å². The summed E-state index contributed by atoms with van der Waals surface area (Å²) >= 11 is 0. The largest absolute Gasteiger partial charge is 0.733 e. The van der Waals surface area contributed by atoms with Crippen LogP contribution in [0.15, 0.2) is 54.9 Å². The van der Waals surface area contributed by atoms with Gasteiger partial charge < -0.3 is 10.4 Å². The maximum atomic E-state index is 12.9. The van der Waals surface area contributed by atoms with Crippen molar-refractivity contribution in [3.8, 4) is 0 Å². The third-order valence-electron chi connectivity index (χ3n) is 4.20. The predicted octanol–water partition coefficient (Wildman–Crippen LogP) is 2.72. The Hall–Kier alpha value is -3.29. The standard InChI is InChI=1S/C18H12N3O4/c22-17-14-5-1-4-12-7-13(21(24)25)8-15(16(12)14)18(23)20(17)10-11-3-2-6-19-9-11/h1-9,24H,10H2/q-1. The Morgan fingerprint density at radius 1 is 1.08 bits per heavy atom. The zero-order valence-electron chi connectivity index (χ0n) is 12.9. The Balaban J connectivity index is 1.88. The van der Waals surface area contributed by atoms with Crippen LogP contribution in [0.25, 0.3) is 10.8 Å². The van der Waals surface area contributed by atoms with E-state index in [4.69, 9.17) is 0 Å². The molecule has 2 heterocycles. The number of amides is 2. The molecule has 4 rings (SSSR count). The van der Waals surface area contributed by atoms with Gasteiger partial charge in [-0.15, -0.1) is 0 Å². The van der Waals surface area contributed by atoms with E-state index in [1.165, 1.54) is 12.1 Å². The van der Waals surface area contributed by atoms with Gasteiger partial charge >= 0.3 is 0 Å². The fraction of sp³-hybridized carbons (Fsp3) is 0.0556. The monoisotopic (exact) mass is 334 g/mol. The van der Waals surface area contributed by atoms with E-state index in [1.807, 2.05) is 0 Å².